The molecule has 1 aliphatic heterocycles. The van der Waals surface area contributed by atoms with Crippen LogP contribution in [0.1, 0.15) is 41.7 Å². The fraction of sp³-hybridized carbons (Fsp3) is 0.200. The average Bonchev–Trinajstić information content (AvgIpc) is 3.52. The molecule has 0 radical (unpaired) electrons. The van der Waals surface area contributed by atoms with Gasteiger partial charge >= 0.3 is 0 Å². The van der Waals surface area contributed by atoms with Crippen LogP contribution in [-0.4, -0.2) is 25.6 Å². The maximum atomic E-state index is 11.4. The predicted octanol–water partition coefficient (Wildman–Crippen LogP) is 5.08. The lowest BCUT2D eigenvalue weighted by Gasteiger charge is -2.28. The molecule has 1 saturated heterocycles. The van der Waals surface area contributed by atoms with Gasteiger partial charge in [0, 0.05) is 47.5 Å². The van der Waals surface area contributed by atoms with E-state index in [2.05, 4.69) is 50.0 Å². The summed E-state index contributed by atoms with van der Waals surface area (Å²) >= 11 is 7.45. The highest BCUT2D eigenvalue weighted by Gasteiger charge is 2.42. The molecule has 0 spiro atoms. The molecule has 0 aliphatic carbocycles. The Morgan fingerprint density at radius 3 is 2.56 bits per heavy atom. The van der Waals surface area contributed by atoms with Crippen LogP contribution in [0.2, 0.25) is 0 Å². The number of thiocarbonyl (C=S) groups is 1. The molecule has 7 nitrogen and oxygen atoms in total. The molecule has 2 N–H and O–H groups in total. The summed E-state index contributed by atoms with van der Waals surface area (Å²) in [4.78, 5) is 22.8. The first kappa shape index (κ1) is 22.2. The molecule has 4 heterocycles. The molecule has 1 aromatic carbocycles. The van der Waals surface area contributed by atoms with Crippen molar-refractivity contribution >= 4 is 45.9 Å². The van der Waals surface area contributed by atoms with E-state index in [4.69, 9.17) is 12.2 Å². The Morgan fingerprint density at radius 1 is 1.12 bits per heavy atom. The van der Waals surface area contributed by atoms with E-state index < -0.39 is 0 Å². The van der Waals surface area contributed by atoms with Gasteiger partial charge in [0.2, 0.25) is 5.91 Å². The molecule has 1 amide bonds. The Balaban J connectivity index is 1.62. The van der Waals surface area contributed by atoms with Gasteiger partial charge in [-0.05, 0) is 74.1 Å². The van der Waals surface area contributed by atoms with E-state index in [1.807, 2.05) is 54.0 Å². The third kappa shape index (κ3) is 3.97. The fourth-order valence-corrected chi connectivity index (χ4v) is 5.66. The minimum Gasteiger partial charge on any atom is -0.351 e. The first-order valence-corrected chi connectivity index (χ1v) is 12.2. The molecule has 0 saturated carbocycles. The number of carbonyl (C=O) groups excluding carboxylic acids is 1. The monoisotopic (exact) mass is 488 g/mol. The Morgan fingerprint density at radius 2 is 1.91 bits per heavy atom. The third-order valence-electron chi connectivity index (χ3n) is 5.96. The summed E-state index contributed by atoms with van der Waals surface area (Å²) in [6.07, 6.45) is 3.63. The molecule has 172 valence electrons. The van der Waals surface area contributed by atoms with E-state index in [9.17, 15) is 4.79 Å². The molecule has 34 heavy (non-hydrogen) atoms. The Hall–Kier alpha value is -3.56. The summed E-state index contributed by atoms with van der Waals surface area (Å²) in [6, 6.07) is 15.6. The minimum atomic E-state index is -0.131. The van der Waals surface area contributed by atoms with Gasteiger partial charge in [0.1, 0.15) is 0 Å². The number of pyridine rings is 1. The van der Waals surface area contributed by atoms with Crippen LogP contribution in [-0.2, 0) is 4.79 Å². The van der Waals surface area contributed by atoms with Crippen LogP contribution in [0.25, 0.3) is 5.13 Å². The minimum absolute atomic E-state index is 0.103. The van der Waals surface area contributed by atoms with Crippen LogP contribution < -0.4 is 15.5 Å². The topological polar surface area (TPSA) is 75.1 Å². The molecule has 0 unspecified atom stereocenters. The fourth-order valence-electron chi connectivity index (χ4n) is 4.57. The van der Waals surface area contributed by atoms with Crippen LogP contribution in [0.15, 0.2) is 66.3 Å². The second-order valence-electron chi connectivity index (χ2n) is 8.20. The van der Waals surface area contributed by atoms with Crippen LogP contribution in [0.5, 0.6) is 0 Å². The number of aromatic nitrogens is 3. The summed E-state index contributed by atoms with van der Waals surface area (Å²) in [6.45, 7) is 5.72. The molecule has 3 aromatic heterocycles. The summed E-state index contributed by atoms with van der Waals surface area (Å²) < 4.78 is 2.19. The van der Waals surface area contributed by atoms with Crippen molar-refractivity contribution in [1.82, 2.24) is 19.9 Å². The second-order valence-corrected chi connectivity index (χ2v) is 9.46. The highest BCUT2D eigenvalue weighted by atomic mass is 32.1. The number of hydrogen-bond acceptors (Lipinski definition) is 5. The Kier molecular flexibility index (Phi) is 5.89. The molecule has 1 fully saturated rings. The van der Waals surface area contributed by atoms with Crippen LogP contribution in [0, 0.1) is 13.8 Å². The van der Waals surface area contributed by atoms with Gasteiger partial charge in [-0.1, -0.05) is 6.07 Å². The normalized spacial score (nSPS) is 17.6. The lowest BCUT2D eigenvalue weighted by atomic mass is 9.96. The van der Waals surface area contributed by atoms with Crippen molar-refractivity contribution in [3.63, 3.8) is 0 Å². The molecule has 9 heteroatoms. The molecule has 2 atom stereocenters. The zero-order valence-electron chi connectivity index (χ0n) is 19.0. The van der Waals surface area contributed by atoms with Gasteiger partial charge in [-0.15, -0.1) is 11.3 Å². The molecular weight excluding hydrogens is 464 g/mol. The average molecular weight is 489 g/mol. The number of rotatable bonds is 5. The number of thiazole rings is 1. The van der Waals surface area contributed by atoms with Gasteiger partial charge < -0.3 is 15.5 Å². The molecule has 1 aliphatic rings. The summed E-state index contributed by atoms with van der Waals surface area (Å²) in [5, 5.41) is 9.89. The first-order valence-electron chi connectivity index (χ1n) is 10.9. The Labute approximate surface area is 207 Å². The van der Waals surface area contributed by atoms with Crippen molar-refractivity contribution in [3.05, 3.63) is 88.9 Å². The van der Waals surface area contributed by atoms with Crippen LogP contribution >= 0.6 is 23.6 Å². The molecular formula is C25H24N6OS2. The van der Waals surface area contributed by atoms with Gasteiger partial charge in [0.05, 0.1) is 17.8 Å². The number of amides is 1. The summed E-state index contributed by atoms with van der Waals surface area (Å²) in [7, 11) is 0. The highest BCUT2D eigenvalue weighted by molar-refractivity contribution is 7.80. The maximum Gasteiger partial charge on any atom is 0.221 e. The summed E-state index contributed by atoms with van der Waals surface area (Å²) in [5.41, 5.74) is 5.99. The van der Waals surface area contributed by atoms with E-state index in [-0.39, 0.29) is 18.0 Å². The standard InChI is InChI=1S/C25H24N6OS2/c1-15-14-20(16(2)30(15)25-27-12-13-34-25)23-22(21-6-4-5-11-26-21)29-24(33)31(23)19-9-7-18(8-10-19)28-17(3)32/h4-14,22-23H,1-3H3,(H,28,32)(H,29,33)/t22-,23+/m0/s1. The number of nitrogens with one attached hydrogen (secondary N) is 2. The number of hydrogen-bond donors (Lipinski definition) is 2. The van der Waals surface area contributed by atoms with E-state index in [0.717, 1.165) is 39.2 Å². The summed E-state index contributed by atoms with van der Waals surface area (Å²) in [5.74, 6) is -0.103. The first-order chi connectivity index (χ1) is 16.4. The van der Waals surface area contributed by atoms with Crippen molar-refractivity contribution in [3.8, 4) is 5.13 Å². The zero-order chi connectivity index (χ0) is 23.8. The SMILES string of the molecule is CC(=O)Nc1ccc(N2C(=S)N[C@@H](c3ccccn3)[C@H]2c2cc(C)n(-c3nccs3)c2C)cc1. The lowest BCUT2D eigenvalue weighted by Crippen LogP contribution is -2.29. The van der Waals surface area contributed by atoms with Crippen molar-refractivity contribution in [2.24, 2.45) is 0 Å². The molecule has 5 rings (SSSR count). The number of nitrogens with zero attached hydrogens (tertiary/aromatic N) is 4. The molecule has 0 bridgehead atoms. The van der Waals surface area contributed by atoms with Crippen LogP contribution in [0.3, 0.4) is 0 Å². The number of anilines is 2. The Bertz CT molecular complexity index is 1330. The third-order valence-corrected chi connectivity index (χ3v) is 7.03. The smallest absolute Gasteiger partial charge is 0.221 e. The number of aryl methyl sites for hydroxylation is 1. The van der Waals surface area contributed by atoms with E-state index in [1.165, 1.54) is 6.92 Å². The highest BCUT2D eigenvalue weighted by Crippen LogP contribution is 2.44. The van der Waals surface area contributed by atoms with Crippen molar-refractivity contribution in [2.45, 2.75) is 32.9 Å². The lowest BCUT2D eigenvalue weighted by molar-refractivity contribution is -0.114. The van der Waals surface area contributed by atoms with Gasteiger partial charge in [-0.3, -0.25) is 14.3 Å². The molecule has 4 aromatic rings. The van der Waals surface area contributed by atoms with Gasteiger partial charge in [-0.2, -0.15) is 0 Å². The van der Waals surface area contributed by atoms with Crippen molar-refractivity contribution < 1.29 is 4.79 Å². The maximum absolute atomic E-state index is 11.4. The largest absolute Gasteiger partial charge is 0.351 e. The van der Waals surface area contributed by atoms with Crippen molar-refractivity contribution in [1.29, 1.82) is 0 Å². The van der Waals surface area contributed by atoms with Gasteiger partial charge in [0.25, 0.3) is 0 Å². The van der Waals surface area contributed by atoms with Crippen molar-refractivity contribution in [2.75, 3.05) is 10.2 Å². The van der Waals surface area contributed by atoms with E-state index in [1.54, 1.807) is 17.5 Å². The quantitative estimate of drug-likeness (QED) is 0.382. The second kappa shape index (κ2) is 9.00. The van der Waals surface area contributed by atoms with E-state index in [0.29, 0.717) is 5.11 Å². The number of benzene rings is 1. The predicted molar refractivity (Wildman–Crippen MR) is 140 cm³/mol. The van der Waals surface area contributed by atoms with Gasteiger partial charge in [0.15, 0.2) is 10.2 Å². The van der Waals surface area contributed by atoms with Gasteiger partial charge in [-0.25, -0.2) is 4.98 Å². The zero-order valence-corrected chi connectivity index (χ0v) is 20.7. The van der Waals surface area contributed by atoms with E-state index >= 15 is 0 Å². The van der Waals surface area contributed by atoms with Crippen LogP contribution in [0.4, 0.5) is 11.4 Å². The number of carbonyl (C=O) groups is 1.